The van der Waals surface area contributed by atoms with Crippen LogP contribution < -0.4 is 5.32 Å². The molecule has 6 nitrogen and oxygen atoms in total. The molecule has 24 heavy (non-hydrogen) atoms. The second-order valence-electron chi connectivity index (χ2n) is 6.09. The maximum Gasteiger partial charge on any atom is 0.313 e. The highest BCUT2D eigenvalue weighted by Crippen LogP contribution is 2.20. The number of nitrogens with one attached hydrogen (secondary N) is 1. The summed E-state index contributed by atoms with van der Waals surface area (Å²) in [5.74, 6) is -1.60. The summed E-state index contributed by atoms with van der Waals surface area (Å²) in [5, 5.41) is 2.68. The van der Waals surface area contributed by atoms with E-state index >= 15 is 0 Å². The molecular weight excluding hydrogens is 308 g/mol. The molecule has 1 heterocycles. The molecule has 0 unspecified atom stereocenters. The van der Waals surface area contributed by atoms with Gasteiger partial charge in [-0.1, -0.05) is 12.1 Å². The summed E-state index contributed by atoms with van der Waals surface area (Å²) in [4.78, 5) is 37.7. The predicted molar refractivity (Wildman–Crippen MR) is 90.5 cm³/mol. The van der Waals surface area contributed by atoms with Crippen LogP contribution in [0.5, 0.6) is 0 Å². The molecule has 1 aromatic rings. The number of likely N-dealkylation sites (tertiary alicyclic amines) is 1. The Balaban J connectivity index is 1.91. The van der Waals surface area contributed by atoms with Crippen LogP contribution in [0, 0.1) is 19.8 Å². The topological polar surface area (TPSA) is 75.7 Å². The monoisotopic (exact) mass is 332 g/mol. The smallest absolute Gasteiger partial charge is 0.313 e. The summed E-state index contributed by atoms with van der Waals surface area (Å²) in [6.45, 7) is 6.72. The lowest BCUT2D eigenvalue weighted by atomic mass is 9.97. The van der Waals surface area contributed by atoms with E-state index in [1.807, 2.05) is 32.0 Å². The van der Waals surface area contributed by atoms with Crippen LogP contribution in [0.3, 0.4) is 0 Å². The third-order valence-corrected chi connectivity index (χ3v) is 4.24. The molecule has 0 aliphatic carbocycles. The van der Waals surface area contributed by atoms with E-state index in [0.717, 1.165) is 11.1 Å². The van der Waals surface area contributed by atoms with Crippen LogP contribution in [-0.2, 0) is 19.1 Å². The van der Waals surface area contributed by atoms with Gasteiger partial charge in [0.15, 0.2) is 0 Å². The van der Waals surface area contributed by atoms with E-state index in [-0.39, 0.29) is 11.9 Å². The molecule has 0 radical (unpaired) electrons. The van der Waals surface area contributed by atoms with Crippen LogP contribution in [0.4, 0.5) is 5.69 Å². The Morgan fingerprint density at radius 3 is 2.50 bits per heavy atom. The number of ether oxygens (including phenoxy) is 1. The van der Waals surface area contributed by atoms with Crippen LogP contribution in [-0.4, -0.2) is 42.4 Å². The summed E-state index contributed by atoms with van der Waals surface area (Å²) >= 11 is 0. The molecule has 0 atom stereocenters. The minimum absolute atomic E-state index is 0.184. The van der Waals surface area contributed by atoms with Crippen LogP contribution in [0.25, 0.3) is 0 Å². The predicted octanol–water partition coefficient (Wildman–Crippen LogP) is 2.04. The number of piperidine rings is 1. The Morgan fingerprint density at radius 1 is 1.21 bits per heavy atom. The zero-order chi connectivity index (χ0) is 17.7. The minimum Gasteiger partial charge on any atom is -0.466 e. The Hall–Kier alpha value is -2.37. The van der Waals surface area contributed by atoms with E-state index in [2.05, 4.69) is 5.32 Å². The molecule has 0 spiro atoms. The van der Waals surface area contributed by atoms with Crippen LogP contribution >= 0.6 is 0 Å². The molecule has 0 saturated carbocycles. The van der Waals surface area contributed by atoms with Gasteiger partial charge in [-0.2, -0.15) is 0 Å². The molecule has 1 aromatic carbocycles. The van der Waals surface area contributed by atoms with Crippen molar-refractivity contribution in [2.24, 2.45) is 5.92 Å². The van der Waals surface area contributed by atoms with Gasteiger partial charge in [0.2, 0.25) is 0 Å². The molecule has 1 saturated heterocycles. The molecule has 130 valence electrons. The molecule has 1 N–H and O–H groups in total. The fourth-order valence-corrected chi connectivity index (χ4v) is 2.77. The first-order valence-corrected chi connectivity index (χ1v) is 8.26. The fraction of sp³-hybridized carbons (Fsp3) is 0.500. The summed E-state index contributed by atoms with van der Waals surface area (Å²) in [6, 6.07) is 5.70. The van der Waals surface area contributed by atoms with Crippen LogP contribution in [0.2, 0.25) is 0 Å². The van der Waals surface area contributed by atoms with E-state index in [1.54, 1.807) is 6.92 Å². The maximum absolute atomic E-state index is 12.3. The Labute approximate surface area is 142 Å². The van der Waals surface area contributed by atoms with Gasteiger partial charge in [-0.25, -0.2) is 0 Å². The number of carbonyl (C=O) groups excluding carboxylic acids is 3. The Bertz CT molecular complexity index is 634. The number of anilines is 1. The largest absolute Gasteiger partial charge is 0.466 e. The van der Waals surface area contributed by atoms with Crippen molar-refractivity contribution in [3.8, 4) is 0 Å². The van der Waals surface area contributed by atoms with E-state index in [1.165, 1.54) is 4.90 Å². The van der Waals surface area contributed by atoms with Gasteiger partial charge in [-0.15, -0.1) is 0 Å². The second kappa shape index (κ2) is 7.95. The van der Waals surface area contributed by atoms with Crippen molar-refractivity contribution in [3.63, 3.8) is 0 Å². The first-order valence-electron chi connectivity index (χ1n) is 8.26. The van der Waals surface area contributed by atoms with E-state index in [0.29, 0.717) is 38.2 Å². The average molecular weight is 332 g/mol. The number of nitrogens with zero attached hydrogens (tertiary/aromatic N) is 1. The SMILES string of the molecule is CCOC(=O)C1CCN(C(=O)C(=O)Nc2cc(C)ccc2C)CC1. The number of carbonyl (C=O) groups is 3. The lowest BCUT2D eigenvalue weighted by Gasteiger charge is -2.30. The van der Waals surface area contributed by atoms with Gasteiger partial charge in [0.1, 0.15) is 0 Å². The number of rotatable bonds is 3. The number of esters is 1. The Kier molecular flexibility index (Phi) is 5.95. The molecule has 0 aromatic heterocycles. The van der Waals surface area contributed by atoms with E-state index in [4.69, 9.17) is 4.74 Å². The van der Waals surface area contributed by atoms with Crippen molar-refractivity contribution in [3.05, 3.63) is 29.3 Å². The summed E-state index contributed by atoms with van der Waals surface area (Å²) in [7, 11) is 0. The number of hydrogen-bond acceptors (Lipinski definition) is 4. The zero-order valence-electron chi connectivity index (χ0n) is 14.4. The van der Waals surface area contributed by atoms with Crippen molar-refractivity contribution in [2.45, 2.75) is 33.6 Å². The normalized spacial score (nSPS) is 15.0. The summed E-state index contributed by atoms with van der Waals surface area (Å²) in [6.07, 6.45) is 1.06. The van der Waals surface area contributed by atoms with Crippen molar-refractivity contribution in [1.29, 1.82) is 0 Å². The highest BCUT2D eigenvalue weighted by molar-refractivity contribution is 6.39. The van der Waals surface area contributed by atoms with Gasteiger partial charge in [0.25, 0.3) is 0 Å². The van der Waals surface area contributed by atoms with Crippen LogP contribution in [0.15, 0.2) is 18.2 Å². The molecule has 2 amide bonds. The first kappa shape index (κ1) is 18.0. The van der Waals surface area contributed by atoms with E-state index < -0.39 is 11.8 Å². The average Bonchev–Trinajstić information content (AvgIpc) is 2.57. The summed E-state index contributed by atoms with van der Waals surface area (Å²) < 4.78 is 5.01. The molecule has 6 heteroatoms. The van der Waals surface area contributed by atoms with Gasteiger partial charge < -0.3 is 15.0 Å². The second-order valence-corrected chi connectivity index (χ2v) is 6.09. The fourth-order valence-electron chi connectivity index (χ4n) is 2.77. The maximum atomic E-state index is 12.3. The molecule has 0 bridgehead atoms. The molecular formula is C18H24N2O4. The summed E-state index contributed by atoms with van der Waals surface area (Å²) in [5.41, 5.74) is 2.57. The number of hydrogen-bond donors (Lipinski definition) is 1. The molecule has 2 rings (SSSR count). The van der Waals surface area contributed by atoms with E-state index in [9.17, 15) is 14.4 Å². The third-order valence-electron chi connectivity index (χ3n) is 4.24. The third kappa shape index (κ3) is 4.34. The lowest BCUT2D eigenvalue weighted by Crippen LogP contribution is -2.45. The van der Waals surface area contributed by atoms with Crippen molar-refractivity contribution >= 4 is 23.5 Å². The zero-order valence-corrected chi connectivity index (χ0v) is 14.4. The van der Waals surface area contributed by atoms with Gasteiger partial charge in [-0.3, -0.25) is 14.4 Å². The first-order chi connectivity index (χ1) is 11.4. The highest BCUT2D eigenvalue weighted by atomic mass is 16.5. The van der Waals surface area contributed by atoms with Gasteiger partial charge >= 0.3 is 17.8 Å². The van der Waals surface area contributed by atoms with Gasteiger partial charge in [0, 0.05) is 18.8 Å². The van der Waals surface area contributed by atoms with Crippen molar-refractivity contribution in [1.82, 2.24) is 4.90 Å². The molecule has 1 fully saturated rings. The van der Waals surface area contributed by atoms with Crippen LogP contribution in [0.1, 0.15) is 30.9 Å². The minimum atomic E-state index is -0.640. The van der Waals surface area contributed by atoms with Gasteiger partial charge in [0.05, 0.1) is 12.5 Å². The highest BCUT2D eigenvalue weighted by Gasteiger charge is 2.30. The number of amides is 2. The standard InChI is InChI=1S/C18H24N2O4/c1-4-24-18(23)14-7-9-20(10-8-14)17(22)16(21)19-15-11-12(2)5-6-13(15)3/h5-6,11,14H,4,7-10H2,1-3H3,(H,19,21). The number of benzene rings is 1. The lowest BCUT2D eigenvalue weighted by molar-refractivity contribution is -0.152. The quantitative estimate of drug-likeness (QED) is 0.679. The Morgan fingerprint density at radius 2 is 1.88 bits per heavy atom. The molecule has 1 aliphatic rings. The number of aryl methyl sites for hydroxylation is 2. The van der Waals surface area contributed by atoms with Gasteiger partial charge in [-0.05, 0) is 50.8 Å². The van der Waals surface area contributed by atoms with Crippen molar-refractivity contribution in [2.75, 3.05) is 25.0 Å². The molecule has 1 aliphatic heterocycles. The van der Waals surface area contributed by atoms with Crippen molar-refractivity contribution < 1.29 is 19.1 Å².